The second-order valence-electron chi connectivity index (χ2n) is 4.63. The van der Waals surface area contributed by atoms with Gasteiger partial charge in [0.1, 0.15) is 16.6 Å². The van der Waals surface area contributed by atoms with Gasteiger partial charge in [0, 0.05) is 29.0 Å². The highest BCUT2D eigenvalue weighted by Gasteiger charge is 2.29. The highest BCUT2D eigenvalue weighted by atomic mass is 32.1. The van der Waals surface area contributed by atoms with E-state index in [0.29, 0.717) is 16.5 Å². The smallest absolute Gasteiger partial charge is 0.136 e. The predicted octanol–water partition coefficient (Wildman–Crippen LogP) is 3.29. The molecule has 18 heavy (non-hydrogen) atoms. The molecule has 0 unspecified atom stereocenters. The molecule has 2 nitrogen and oxygen atoms in total. The Balaban J connectivity index is 1.88. The van der Waals surface area contributed by atoms with Crippen LogP contribution < -0.4 is 5.73 Å². The lowest BCUT2D eigenvalue weighted by atomic mass is 9.79. The van der Waals surface area contributed by atoms with Crippen molar-refractivity contribution in [3.8, 4) is 10.6 Å². The number of rotatable bonds is 2. The summed E-state index contributed by atoms with van der Waals surface area (Å²) in [5.74, 6) is -0.743. The molecule has 0 aliphatic heterocycles. The molecule has 2 aromatic rings. The van der Waals surface area contributed by atoms with Gasteiger partial charge in [-0.2, -0.15) is 0 Å². The Morgan fingerprint density at radius 1 is 1.28 bits per heavy atom. The second-order valence-corrected chi connectivity index (χ2v) is 5.49. The van der Waals surface area contributed by atoms with Gasteiger partial charge < -0.3 is 5.73 Å². The van der Waals surface area contributed by atoms with Crippen LogP contribution in [0.2, 0.25) is 0 Å². The standard InChI is InChI=1S/C13H12F2N2S/c14-8-1-2-10(11(15)5-8)13-17-12(6-18-13)7-3-9(16)4-7/h1-2,5-7,9H,3-4,16H2. The largest absolute Gasteiger partial charge is 0.328 e. The Morgan fingerprint density at radius 3 is 2.72 bits per heavy atom. The van der Waals surface area contributed by atoms with Crippen molar-refractivity contribution in [3.05, 3.63) is 40.9 Å². The van der Waals surface area contributed by atoms with Crippen LogP contribution in [0.1, 0.15) is 24.5 Å². The predicted molar refractivity (Wildman–Crippen MR) is 67.4 cm³/mol. The van der Waals surface area contributed by atoms with E-state index >= 15 is 0 Å². The summed E-state index contributed by atoms with van der Waals surface area (Å²) in [6, 6.07) is 3.83. The third-order valence-electron chi connectivity index (χ3n) is 3.28. The average Bonchev–Trinajstić information content (AvgIpc) is 2.73. The van der Waals surface area contributed by atoms with Crippen molar-refractivity contribution in [1.82, 2.24) is 4.98 Å². The number of hydrogen-bond acceptors (Lipinski definition) is 3. The van der Waals surface area contributed by atoms with Gasteiger partial charge in [0.2, 0.25) is 0 Å². The van der Waals surface area contributed by atoms with Gasteiger partial charge >= 0.3 is 0 Å². The molecule has 1 fully saturated rings. The molecule has 0 bridgehead atoms. The number of thiazole rings is 1. The fourth-order valence-corrected chi connectivity index (χ4v) is 3.09. The van der Waals surface area contributed by atoms with E-state index < -0.39 is 11.6 Å². The highest BCUT2D eigenvalue weighted by Crippen LogP contribution is 2.38. The van der Waals surface area contributed by atoms with Gasteiger partial charge in [-0.1, -0.05) is 0 Å². The Kier molecular flexibility index (Phi) is 2.87. The summed E-state index contributed by atoms with van der Waals surface area (Å²) < 4.78 is 26.4. The zero-order valence-corrected chi connectivity index (χ0v) is 10.4. The monoisotopic (exact) mass is 266 g/mol. The molecule has 1 aromatic heterocycles. The van der Waals surface area contributed by atoms with E-state index in [9.17, 15) is 8.78 Å². The van der Waals surface area contributed by atoms with Crippen molar-refractivity contribution in [1.29, 1.82) is 0 Å². The van der Waals surface area contributed by atoms with Gasteiger partial charge in [-0.3, -0.25) is 0 Å². The van der Waals surface area contributed by atoms with Crippen LogP contribution in [-0.2, 0) is 0 Å². The van der Waals surface area contributed by atoms with Crippen molar-refractivity contribution in [2.45, 2.75) is 24.8 Å². The van der Waals surface area contributed by atoms with Gasteiger partial charge in [0.25, 0.3) is 0 Å². The minimum atomic E-state index is -0.571. The summed E-state index contributed by atoms with van der Waals surface area (Å²) >= 11 is 1.39. The van der Waals surface area contributed by atoms with Gasteiger partial charge in [-0.25, -0.2) is 13.8 Å². The van der Waals surface area contributed by atoms with Gasteiger partial charge in [0.05, 0.1) is 5.69 Å². The Labute approximate surface area is 107 Å². The van der Waals surface area contributed by atoms with Crippen LogP contribution in [0, 0.1) is 11.6 Å². The molecule has 1 aliphatic carbocycles. The van der Waals surface area contributed by atoms with E-state index in [2.05, 4.69) is 4.98 Å². The Bertz CT molecular complexity index is 576. The van der Waals surface area contributed by atoms with E-state index in [1.54, 1.807) is 0 Å². The zero-order chi connectivity index (χ0) is 12.7. The van der Waals surface area contributed by atoms with Crippen molar-refractivity contribution < 1.29 is 8.78 Å². The summed E-state index contributed by atoms with van der Waals surface area (Å²) in [5, 5.41) is 2.54. The van der Waals surface area contributed by atoms with Crippen LogP contribution in [-0.4, -0.2) is 11.0 Å². The molecule has 1 heterocycles. The van der Waals surface area contributed by atoms with Crippen molar-refractivity contribution in [2.24, 2.45) is 5.73 Å². The second kappa shape index (κ2) is 4.40. The number of aromatic nitrogens is 1. The topological polar surface area (TPSA) is 38.9 Å². The van der Waals surface area contributed by atoms with Crippen LogP contribution in [0.3, 0.4) is 0 Å². The number of nitrogens with zero attached hydrogens (tertiary/aromatic N) is 1. The minimum absolute atomic E-state index is 0.266. The third kappa shape index (κ3) is 2.04. The lowest BCUT2D eigenvalue weighted by molar-refractivity contribution is 0.346. The summed E-state index contributed by atoms with van der Waals surface area (Å²) in [5.41, 5.74) is 7.07. The molecule has 1 aromatic carbocycles. The first-order chi connectivity index (χ1) is 8.63. The SMILES string of the molecule is NC1CC(c2csc(-c3ccc(F)cc3F)n2)C1. The fourth-order valence-electron chi connectivity index (χ4n) is 2.16. The van der Waals surface area contributed by atoms with E-state index in [4.69, 9.17) is 5.73 Å². The van der Waals surface area contributed by atoms with Crippen LogP contribution in [0.25, 0.3) is 10.6 Å². The summed E-state index contributed by atoms with van der Waals surface area (Å²) in [4.78, 5) is 4.43. The number of hydrogen-bond donors (Lipinski definition) is 1. The lowest BCUT2D eigenvalue weighted by Crippen LogP contribution is -2.34. The van der Waals surface area contributed by atoms with E-state index in [0.717, 1.165) is 24.6 Å². The molecule has 0 atom stereocenters. The molecular formula is C13H12F2N2S. The van der Waals surface area contributed by atoms with Crippen LogP contribution >= 0.6 is 11.3 Å². The van der Waals surface area contributed by atoms with Crippen molar-refractivity contribution in [2.75, 3.05) is 0 Å². The maximum absolute atomic E-state index is 13.6. The summed E-state index contributed by atoms with van der Waals surface area (Å²) in [6.07, 6.45) is 1.88. The van der Waals surface area contributed by atoms with E-state index in [1.165, 1.54) is 23.5 Å². The number of benzene rings is 1. The first-order valence-electron chi connectivity index (χ1n) is 5.80. The molecule has 0 radical (unpaired) electrons. The molecule has 94 valence electrons. The maximum atomic E-state index is 13.6. The zero-order valence-electron chi connectivity index (χ0n) is 9.57. The van der Waals surface area contributed by atoms with Gasteiger partial charge in [-0.05, 0) is 25.0 Å². The average molecular weight is 266 g/mol. The molecule has 0 amide bonds. The van der Waals surface area contributed by atoms with Crippen LogP contribution in [0.15, 0.2) is 23.6 Å². The molecule has 2 N–H and O–H groups in total. The molecule has 3 rings (SSSR count). The molecule has 1 aliphatic rings. The minimum Gasteiger partial charge on any atom is -0.328 e. The Morgan fingerprint density at radius 2 is 2.06 bits per heavy atom. The van der Waals surface area contributed by atoms with Gasteiger partial charge in [0.15, 0.2) is 0 Å². The van der Waals surface area contributed by atoms with Crippen LogP contribution in [0.5, 0.6) is 0 Å². The lowest BCUT2D eigenvalue weighted by Gasteiger charge is -2.30. The molecule has 5 heteroatoms. The number of halogens is 2. The third-order valence-corrected chi connectivity index (χ3v) is 4.17. The van der Waals surface area contributed by atoms with E-state index in [1.807, 2.05) is 5.38 Å². The maximum Gasteiger partial charge on any atom is 0.136 e. The first-order valence-corrected chi connectivity index (χ1v) is 6.68. The molecule has 0 spiro atoms. The quantitative estimate of drug-likeness (QED) is 0.905. The van der Waals surface area contributed by atoms with Crippen molar-refractivity contribution in [3.63, 3.8) is 0 Å². The van der Waals surface area contributed by atoms with E-state index in [-0.39, 0.29) is 6.04 Å². The normalized spacial score (nSPS) is 22.8. The summed E-state index contributed by atoms with van der Waals surface area (Å²) in [7, 11) is 0. The summed E-state index contributed by atoms with van der Waals surface area (Å²) in [6.45, 7) is 0. The first kappa shape index (κ1) is 11.7. The molecular weight excluding hydrogens is 254 g/mol. The number of nitrogens with two attached hydrogens (primary N) is 1. The fraction of sp³-hybridized carbons (Fsp3) is 0.308. The van der Waals surface area contributed by atoms with Crippen molar-refractivity contribution >= 4 is 11.3 Å². The molecule has 0 saturated heterocycles. The Hall–Kier alpha value is -1.33. The van der Waals surface area contributed by atoms with Crippen LogP contribution in [0.4, 0.5) is 8.78 Å². The molecule has 1 saturated carbocycles. The van der Waals surface area contributed by atoms with Gasteiger partial charge in [-0.15, -0.1) is 11.3 Å². The highest BCUT2D eigenvalue weighted by molar-refractivity contribution is 7.13.